The van der Waals surface area contributed by atoms with Gasteiger partial charge in [-0.05, 0) is 23.9 Å². The summed E-state index contributed by atoms with van der Waals surface area (Å²) >= 11 is 0. The van der Waals surface area contributed by atoms with Crippen LogP contribution in [-0.2, 0) is 16.1 Å². The van der Waals surface area contributed by atoms with Gasteiger partial charge >= 0.3 is 0 Å². The minimum Gasteiger partial charge on any atom is -0.383 e. The number of benzene rings is 1. The highest BCUT2D eigenvalue weighted by Crippen LogP contribution is 2.17. The van der Waals surface area contributed by atoms with Crippen molar-refractivity contribution in [2.75, 3.05) is 20.3 Å². The van der Waals surface area contributed by atoms with Crippen molar-refractivity contribution in [3.05, 3.63) is 42.2 Å². The molecule has 0 fully saturated rings. The predicted molar refractivity (Wildman–Crippen MR) is 82.9 cm³/mol. The van der Waals surface area contributed by atoms with Gasteiger partial charge in [-0.25, -0.2) is 0 Å². The maximum atomic E-state index is 11.9. The normalized spacial score (nSPS) is 12.3. The highest BCUT2D eigenvalue weighted by atomic mass is 16.5. The van der Waals surface area contributed by atoms with Crippen LogP contribution >= 0.6 is 0 Å². The van der Waals surface area contributed by atoms with Gasteiger partial charge in [-0.2, -0.15) is 0 Å². The molecule has 1 heterocycles. The van der Waals surface area contributed by atoms with Gasteiger partial charge in [0.15, 0.2) is 0 Å². The zero-order valence-electron chi connectivity index (χ0n) is 12.4. The molecule has 0 aliphatic heterocycles. The fourth-order valence-corrected chi connectivity index (χ4v) is 2.13. The number of methoxy groups -OCH3 is 1. The Labute approximate surface area is 124 Å². The molecule has 2 N–H and O–H groups in total. The summed E-state index contributed by atoms with van der Waals surface area (Å²) in [6, 6.07) is 7.84. The van der Waals surface area contributed by atoms with Crippen LogP contribution in [-0.4, -0.2) is 37.2 Å². The lowest BCUT2D eigenvalue weighted by molar-refractivity contribution is -0.122. The Morgan fingerprint density at radius 2 is 2.24 bits per heavy atom. The number of ether oxygens (including phenoxy) is 1. The van der Waals surface area contributed by atoms with E-state index in [4.69, 9.17) is 4.74 Å². The van der Waals surface area contributed by atoms with Crippen LogP contribution in [0.15, 0.2) is 36.7 Å². The molecule has 5 nitrogen and oxygen atoms in total. The minimum atomic E-state index is -0.251. The fourth-order valence-electron chi connectivity index (χ4n) is 2.13. The number of carbonyl (C=O) groups excluding carboxylic acids is 1. The second-order valence-electron chi connectivity index (χ2n) is 4.90. The van der Waals surface area contributed by atoms with Crippen molar-refractivity contribution in [1.82, 2.24) is 15.6 Å². The molecule has 2 aromatic rings. The summed E-state index contributed by atoms with van der Waals surface area (Å²) < 4.78 is 4.91. The zero-order chi connectivity index (χ0) is 15.1. The maximum Gasteiger partial charge on any atom is 0.236 e. The first-order valence-electron chi connectivity index (χ1n) is 7.04. The average Bonchev–Trinajstić information content (AvgIpc) is 2.52. The number of nitrogens with one attached hydrogen (secondary N) is 2. The minimum absolute atomic E-state index is 0.0195. The van der Waals surface area contributed by atoms with E-state index in [1.807, 2.05) is 31.3 Å². The Morgan fingerprint density at radius 3 is 3.05 bits per heavy atom. The van der Waals surface area contributed by atoms with Gasteiger partial charge in [0.2, 0.25) is 5.91 Å². The smallest absolute Gasteiger partial charge is 0.236 e. The summed E-state index contributed by atoms with van der Waals surface area (Å²) in [7, 11) is 1.61. The van der Waals surface area contributed by atoms with Crippen LogP contribution in [0.5, 0.6) is 0 Å². The molecule has 1 unspecified atom stereocenters. The Balaban J connectivity index is 1.94. The van der Waals surface area contributed by atoms with E-state index in [2.05, 4.69) is 21.7 Å². The SMILES string of the molecule is COCCNC(=O)C(C)NCc1cccc2cnccc12. The van der Waals surface area contributed by atoms with Gasteiger partial charge in [-0.15, -0.1) is 0 Å². The van der Waals surface area contributed by atoms with E-state index in [1.54, 1.807) is 13.3 Å². The summed E-state index contributed by atoms with van der Waals surface area (Å²) in [5.74, 6) is -0.0195. The van der Waals surface area contributed by atoms with Crippen molar-refractivity contribution >= 4 is 16.7 Å². The number of amides is 1. The van der Waals surface area contributed by atoms with E-state index < -0.39 is 0 Å². The molecule has 0 spiro atoms. The van der Waals surface area contributed by atoms with Crippen molar-refractivity contribution in [2.24, 2.45) is 0 Å². The maximum absolute atomic E-state index is 11.9. The van der Waals surface area contributed by atoms with E-state index in [0.717, 1.165) is 16.3 Å². The number of fused-ring (bicyclic) bond motifs is 1. The Bertz CT molecular complexity index is 596. The largest absolute Gasteiger partial charge is 0.383 e. The molecule has 0 bridgehead atoms. The highest BCUT2D eigenvalue weighted by molar-refractivity contribution is 5.85. The number of hydrogen-bond acceptors (Lipinski definition) is 4. The van der Waals surface area contributed by atoms with Gasteiger partial charge in [0, 0.05) is 38.0 Å². The number of nitrogens with zero attached hydrogens (tertiary/aromatic N) is 1. The van der Waals surface area contributed by atoms with Crippen molar-refractivity contribution in [1.29, 1.82) is 0 Å². The zero-order valence-corrected chi connectivity index (χ0v) is 12.4. The molecule has 1 atom stereocenters. The Kier molecular flexibility index (Phi) is 5.66. The third-order valence-electron chi connectivity index (χ3n) is 3.37. The lowest BCUT2D eigenvalue weighted by atomic mass is 10.1. The van der Waals surface area contributed by atoms with Crippen LogP contribution in [0.25, 0.3) is 10.8 Å². The molecule has 0 aliphatic rings. The molecule has 0 radical (unpaired) electrons. The van der Waals surface area contributed by atoms with Gasteiger partial charge in [-0.3, -0.25) is 9.78 Å². The summed E-state index contributed by atoms with van der Waals surface area (Å²) in [5.41, 5.74) is 1.16. The van der Waals surface area contributed by atoms with E-state index in [1.165, 1.54) is 0 Å². The summed E-state index contributed by atoms with van der Waals surface area (Å²) in [4.78, 5) is 16.0. The number of pyridine rings is 1. The van der Waals surface area contributed by atoms with Crippen LogP contribution in [0.3, 0.4) is 0 Å². The monoisotopic (exact) mass is 287 g/mol. The lowest BCUT2D eigenvalue weighted by Crippen LogP contribution is -2.42. The molecule has 5 heteroatoms. The first-order valence-corrected chi connectivity index (χ1v) is 7.04. The average molecular weight is 287 g/mol. The molecule has 1 amide bonds. The van der Waals surface area contributed by atoms with Crippen LogP contribution in [0.2, 0.25) is 0 Å². The molecule has 0 saturated carbocycles. The van der Waals surface area contributed by atoms with Crippen LogP contribution in [0.1, 0.15) is 12.5 Å². The Morgan fingerprint density at radius 1 is 1.38 bits per heavy atom. The molecule has 112 valence electrons. The van der Waals surface area contributed by atoms with Crippen LogP contribution in [0.4, 0.5) is 0 Å². The molecule has 1 aromatic carbocycles. The molecule has 0 aliphatic carbocycles. The number of carbonyl (C=O) groups is 1. The predicted octanol–water partition coefficient (Wildman–Crippen LogP) is 1.48. The number of hydrogen-bond donors (Lipinski definition) is 2. The third kappa shape index (κ3) is 4.24. The van der Waals surface area contributed by atoms with Crippen LogP contribution in [0, 0.1) is 0 Å². The van der Waals surface area contributed by atoms with Gasteiger partial charge in [-0.1, -0.05) is 18.2 Å². The molecular formula is C16H21N3O2. The summed E-state index contributed by atoms with van der Waals surface area (Å²) in [5, 5.41) is 8.33. The number of aromatic nitrogens is 1. The van der Waals surface area contributed by atoms with Crippen molar-refractivity contribution in [2.45, 2.75) is 19.5 Å². The lowest BCUT2D eigenvalue weighted by Gasteiger charge is -2.15. The standard InChI is InChI=1S/C16H21N3O2/c1-12(16(20)18-8-9-21-2)19-11-14-5-3-4-13-10-17-7-6-15(13)14/h3-7,10,12,19H,8-9,11H2,1-2H3,(H,18,20). The molecule has 21 heavy (non-hydrogen) atoms. The quantitative estimate of drug-likeness (QED) is 0.757. The first-order chi connectivity index (χ1) is 10.2. The summed E-state index contributed by atoms with van der Waals surface area (Å²) in [6.07, 6.45) is 3.63. The number of rotatable bonds is 7. The van der Waals surface area contributed by atoms with Crippen molar-refractivity contribution in [3.63, 3.8) is 0 Å². The molecule has 0 saturated heterocycles. The van der Waals surface area contributed by atoms with Gasteiger partial charge in [0.25, 0.3) is 0 Å². The molecule has 1 aromatic heterocycles. The first kappa shape index (κ1) is 15.4. The molecule has 2 rings (SSSR count). The van der Waals surface area contributed by atoms with Gasteiger partial charge < -0.3 is 15.4 Å². The van der Waals surface area contributed by atoms with E-state index in [0.29, 0.717) is 19.7 Å². The second kappa shape index (κ2) is 7.71. The van der Waals surface area contributed by atoms with E-state index in [-0.39, 0.29) is 11.9 Å². The van der Waals surface area contributed by atoms with E-state index in [9.17, 15) is 4.79 Å². The van der Waals surface area contributed by atoms with Crippen LogP contribution < -0.4 is 10.6 Å². The fraction of sp³-hybridized carbons (Fsp3) is 0.375. The van der Waals surface area contributed by atoms with Crippen molar-refractivity contribution in [3.8, 4) is 0 Å². The van der Waals surface area contributed by atoms with Crippen molar-refractivity contribution < 1.29 is 9.53 Å². The second-order valence-corrected chi connectivity index (χ2v) is 4.90. The topological polar surface area (TPSA) is 63.2 Å². The highest BCUT2D eigenvalue weighted by Gasteiger charge is 2.11. The Hall–Kier alpha value is -1.98. The summed E-state index contributed by atoms with van der Waals surface area (Å²) in [6.45, 7) is 3.55. The van der Waals surface area contributed by atoms with E-state index >= 15 is 0 Å². The van der Waals surface area contributed by atoms with Gasteiger partial charge in [0.05, 0.1) is 12.6 Å². The third-order valence-corrected chi connectivity index (χ3v) is 3.37. The molecular weight excluding hydrogens is 266 g/mol. The van der Waals surface area contributed by atoms with Gasteiger partial charge in [0.1, 0.15) is 0 Å².